The monoisotopic (exact) mass is 293 g/mol. The minimum absolute atomic E-state index is 0.452. The van der Waals surface area contributed by atoms with Gasteiger partial charge in [-0.3, -0.25) is 0 Å². The van der Waals surface area contributed by atoms with Gasteiger partial charge >= 0.3 is 0 Å². The van der Waals surface area contributed by atoms with E-state index in [1.165, 1.54) is 6.42 Å². The van der Waals surface area contributed by atoms with Crippen LogP contribution in [0.1, 0.15) is 57.1 Å². The molecule has 0 unspecified atom stereocenters. The van der Waals surface area contributed by atoms with Gasteiger partial charge in [-0.15, -0.1) is 0 Å². The van der Waals surface area contributed by atoms with Crippen molar-refractivity contribution in [1.29, 1.82) is 0 Å². The first-order valence-corrected chi connectivity index (χ1v) is 7.83. The maximum atomic E-state index is 14.7. The van der Waals surface area contributed by atoms with Crippen LogP contribution in [0.5, 0.6) is 11.5 Å². The lowest BCUT2D eigenvalue weighted by molar-refractivity contribution is 0.166. The van der Waals surface area contributed by atoms with Crippen LogP contribution in [-0.2, 0) is 11.2 Å². The van der Waals surface area contributed by atoms with Crippen LogP contribution in [0.3, 0.4) is 0 Å². The summed E-state index contributed by atoms with van der Waals surface area (Å²) in [4.78, 5) is 0. The van der Waals surface area contributed by atoms with Crippen molar-refractivity contribution in [3.63, 3.8) is 0 Å². The highest BCUT2D eigenvalue weighted by Crippen LogP contribution is 2.45. The molecule has 1 aliphatic carbocycles. The standard InChI is InChI=1S/C17H24FNO2/c1-16(2,18)12-10-14-15(21-9-8-20-14)11-13(12)17(19)6-4-3-5-7-17/h10-11H,3-9,19H2,1-2H3. The Kier molecular flexibility index (Phi) is 3.60. The highest BCUT2D eigenvalue weighted by atomic mass is 19.1. The molecular weight excluding hydrogens is 269 g/mol. The van der Waals surface area contributed by atoms with Crippen molar-refractivity contribution in [3.05, 3.63) is 23.3 Å². The zero-order chi connectivity index (χ0) is 15.1. The first kappa shape index (κ1) is 14.6. The van der Waals surface area contributed by atoms with Gasteiger partial charge in [-0.25, -0.2) is 4.39 Å². The Hall–Kier alpha value is -1.29. The van der Waals surface area contributed by atoms with Crippen molar-refractivity contribution in [2.24, 2.45) is 5.73 Å². The molecule has 0 saturated heterocycles. The Morgan fingerprint density at radius 2 is 1.62 bits per heavy atom. The van der Waals surface area contributed by atoms with Gasteiger partial charge in [-0.05, 0) is 49.9 Å². The van der Waals surface area contributed by atoms with E-state index in [9.17, 15) is 4.39 Å². The summed E-state index contributed by atoms with van der Waals surface area (Å²) in [5.74, 6) is 1.32. The van der Waals surface area contributed by atoms with Gasteiger partial charge in [0.1, 0.15) is 18.9 Å². The summed E-state index contributed by atoms with van der Waals surface area (Å²) in [7, 11) is 0. The van der Waals surface area contributed by atoms with Crippen LogP contribution in [0.15, 0.2) is 12.1 Å². The molecule has 2 N–H and O–H groups in total. The third-order valence-corrected chi connectivity index (χ3v) is 4.61. The van der Waals surface area contributed by atoms with Crippen molar-refractivity contribution in [2.75, 3.05) is 13.2 Å². The van der Waals surface area contributed by atoms with Gasteiger partial charge < -0.3 is 15.2 Å². The first-order valence-electron chi connectivity index (χ1n) is 7.83. The van der Waals surface area contributed by atoms with E-state index in [-0.39, 0.29) is 0 Å². The number of nitrogens with two attached hydrogens (primary N) is 1. The summed E-state index contributed by atoms with van der Waals surface area (Å²) in [5, 5.41) is 0. The van der Waals surface area contributed by atoms with E-state index in [1.807, 2.05) is 6.07 Å². The zero-order valence-electron chi connectivity index (χ0n) is 12.9. The fraction of sp³-hybridized carbons (Fsp3) is 0.647. The van der Waals surface area contributed by atoms with Crippen LogP contribution in [0.25, 0.3) is 0 Å². The number of fused-ring (bicyclic) bond motifs is 1. The van der Waals surface area contributed by atoms with Crippen molar-refractivity contribution in [3.8, 4) is 11.5 Å². The topological polar surface area (TPSA) is 44.5 Å². The predicted molar refractivity (Wildman–Crippen MR) is 80.5 cm³/mol. The fourth-order valence-electron chi connectivity index (χ4n) is 3.44. The second-order valence-corrected chi connectivity index (χ2v) is 6.73. The molecule has 0 spiro atoms. The molecule has 2 aliphatic rings. The van der Waals surface area contributed by atoms with Crippen molar-refractivity contribution in [2.45, 2.75) is 57.2 Å². The Morgan fingerprint density at radius 3 is 2.19 bits per heavy atom. The number of ether oxygens (including phenoxy) is 2. The summed E-state index contributed by atoms with van der Waals surface area (Å²) >= 11 is 0. The van der Waals surface area contributed by atoms with E-state index < -0.39 is 11.2 Å². The van der Waals surface area contributed by atoms with Gasteiger partial charge in [-0.2, -0.15) is 0 Å². The smallest absolute Gasteiger partial charge is 0.161 e. The van der Waals surface area contributed by atoms with Crippen LogP contribution in [0.4, 0.5) is 4.39 Å². The summed E-state index contributed by atoms with van der Waals surface area (Å²) in [6.45, 7) is 4.19. The van der Waals surface area contributed by atoms with E-state index in [2.05, 4.69) is 0 Å². The molecule has 21 heavy (non-hydrogen) atoms. The summed E-state index contributed by atoms with van der Waals surface area (Å²) in [5.41, 5.74) is 6.27. The fourth-order valence-corrected chi connectivity index (χ4v) is 3.44. The molecule has 1 fully saturated rings. The molecule has 1 heterocycles. The number of hydrogen-bond donors (Lipinski definition) is 1. The predicted octanol–water partition coefficient (Wildman–Crippen LogP) is 3.78. The molecule has 1 aromatic rings. The van der Waals surface area contributed by atoms with Crippen molar-refractivity contribution >= 4 is 0 Å². The molecule has 1 aromatic carbocycles. The van der Waals surface area contributed by atoms with Crippen molar-refractivity contribution < 1.29 is 13.9 Å². The molecule has 1 saturated carbocycles. The molecule has 3 nitrogen and oxygen atoms in total. The SMILES string of the molecule is CC(C)(F)c1cc2c(cc1C1(N)CCCCC1)OCCO2. The Labute approximate surface area is 125 Å². The largest absolute Gasteiger partial charge is 0.486 e. The maximum absolute atomic E-state index is 14.7. The van der Waals surface area contributed by atoms with Gasteiger partial charge in [0.05, 0.1) is 0 Å². The second kappa shape index (κ2) is 5.16. The molecule has 116 valence electrons. The van der Waals surface area contributed by atoms with Gasteiger partial charge in [0.25, 0.3) is 0 Å². The normalized spacial score (nSPS) is 21.1. The van der Waals surface area contributed by atoms with Crippen molar-refractivity contribution in [1.82, 2.24) is 0 Å². The quantitative estimate of drug-likeness (QED) is 0.902. The highest BCUT2D eigenvalue weighted by Gasteiger charge is 2.37. The molecule has 0 amide bonds. The molecule has 3 rings (SSSR count). The highest BCUT2D eigenvalue weighted by molar-refractivity contribution is 5.52. The molecule has 0 bridgehead atoms. The van der Waals surface area contributed by atoms with Gasteiger partial charge in [0.2, 0.25) is 0 Å². The Morgan fingerprint density at radius 1 is 1.05 bits per heavy atom. The lowest BCUT2D eigenvalue weighted by Crippen LogP contribution is -2.40. The molecule has 0 atom stereocenters. The Balaban J connectivity index is 2.12. The third kappa shape index (κ3) is 2.73. The second-order valence-electron chi connectivity index (χ2n) is 6.73. The van der Waals surface area contributed by atoms with E-state index in [1.54, 1.807) is 19.9 Å². The third-order valence-electron chi connectivity index (χ3n) is 4.61. The maximum Gasteiger partial charge on any atom is 0.161 e. The van der Waals surface area contributed by atoms with E-state index in [4.69, 9.17) is 15.2 Å². The molecule has 4 heteroatoms. The van der Waals surface area contributed by atoms with E-state index >= 15 is 0 Å². The first-order chi connectivity index (χ1) is 9.90. The summed E-state index contributed by atoms with van der Waals surface area (Å²) < 4.78 is 26.0. The van der Waals surface area contributed by atoms with Crippen LogP contribution >= 0.6 is 0 Å². The van der Waals surface area contributed by atoms with E-state index in [0.29, 0.717) is 30.3 Å². The molecule has 0 aromatic heterocycles. The number of hydrogen-bond acceptors (Lipinski definition) is 3. The van der Waals surface area contributed by atoms with Crippen LogP contribution in [0.2, 0.25) is 0 Å². The van der Waals surface area contributed by atoms with Gasteiger partial charge in [0, 0.05) is 5.54 Å². The average Bonchev–Trinajstić information content (AvgIpc) is 2.46. The van der Waals surface area contributed by atoms with Crippen LogP contribution < -0.4 is 15.2 Å². The average molecular weight is 293 g/mol. The summed E-state index contributed by atoms with van der Waals surface area (Å²) in [6.07, 6.45) is 5.19. The van der Waals surface area contributed by atoms with Gasteiger partial charge in [0.15, 0.2) is 11.5 Å². The van der Waals surface area contributed by atoms with E-state index in [0.717, 1.165) is 31.2 Å². The number of rotatable bonds is 2. The number of benzene rings is 1. The zero-order valence-corrected chi connectivity index (χ0v) is 12.9. The summed E-state index contributed by atoms with van der Waals surface area (Å²) in [6, 6.07) is 3.70. The number of alkyl halides is 1. The minimum Gasteiger partial charge on any atom is -0.486 e. The van der Waals surface area contributed by atoms with Crippen LogP contribution in [-0.4, -0.2) is 13.2 Å². The molecular formula is C17H24FNO2. The van der Waals surface area contributed by atoms with Crippen LogP contribution in [0, 0.1) is 0 Å². The molecule has 1 aliphatic heterocycles. The number of halogens is 1. The van der Waals surface area contributed by atoms with Gasteiger partial charge in [-0.1, -0.05) is 19.3 Å². The Bertz CT molecular complexity index is 530. The molecule has 0 radical (unpaired) electrons. The lowest BCUT2D eigenvalue weighted by Gasteiger charge is -2.38. The lowest BCUT2D eigenvalue weighted by atomic mass is 9.73. The minimum atomic E-state index is -1.45.